The molecule has 1 aromatic carbocycles. The summed E-state index contributed by atoms with van der Waals surface area (Å²) in [5.74, 6) is 4.37. The van der Waals surface area contributed by atoms with Crippen LogP contribution in [-0.4, -0.2) is 127 Å². The van der Waals surface area contributed by atoms with Crippen LogP contribution in [0.2, 0.25) is 0 Å². The Morgan fingerprint density at radius 3 is 0.512 bits per heavy atom. The van der Waals surface area contributed by atoms with Gasteiger partial charge in [-0.3, -0.25) is 0 Å². The first-order valence-corrected chi connectivity index (χ1v) is 25.7. The number of ether oxygens (including phenoxy) is 1. The highest BCUT2D eigenvalue weighted by Gasteiger charge is 2.06. The molecular weight excluding hydrogens is 1050 g/mol. The zero-order valence-corrected chi connectivity index (χ0v) is 61.0. The molecule has 0 amide bonds. The fourth-order valence-corrected chi connectivity index (χ4v) is 1.15. The Bertz CT molecular complexity index is 669. The van der Waals surface area contributed by atoms with Crippen LogP contribution in [0.25, 0.3) is 0 Å². The van der Waals surface area contributed by atoms with Crippen LogP contribution in [-0.2, 0) is 59.1 Å². The van der Waals surface area contributed by atoms with E-state index in [1.54, 1.807) is 13.8 Å². The van der Waals surface area contributed by atoms with Crippen LogP contribution < -0.4 is 59.4 Å². The van der Waals surface area contributed by atoms with E-state index in [1.807, 2.05) is 109 Å². The predicted octanol–water partition coefficient (Wildman–Crippen LogP) is 13.2. The Morgan fingerprint density at radius 2 is 0.476 bits per heavy atom. The largest absolute Gasteiger partial charge is 0.394 e. The lowest BCUT2D eigenvalue weighted by Crippen LogP contribution is -2.18. The zero-order chi connectivity index (χ0) is 70.0. The number of aliphatic hydroxyl groups excluding tert-OH is 1. The molecule has 524 valence electrons. The summed E-state index contributed by atoms with van der Waals surface area (Å²) in [6.07, 6.45) is 6.20. The van der Waals surface area contributed by atoms with Crippen LogP contribution in [0.1, 0.15) is 211 Å². The first kappa shape index (κ1) is 193. The molecule has 22 nitrogen and oxygen atoms in total. The quantitative estimate of drug-likeness (QED) is 0.126. The van der Waals surface area contributed by atoms with Crippen molar-refractivity contribution in [3.63, 3.8) is 0 Å². The summed E-state index contributed by atoms with van der Waals surface area (Å²) in [6, 6.07) is 10.5. The van der Waals surface area contributed by atoms with Crippen molar-refractivity contribution in [1.82, 2.24) is 30.8 Å². The van der Waals surface area contributed by atoms with Crippen LogP contribution in [0.5, 0.6) is 0 Å². The van der Waals surface area contributed by atoms with Gasteiger partial charge in [0.25, 0.3) is 0 Å². The van der Waals surface area contributed by atoms with Crippen LogP contribution in [0.3, 0.4) is 0 Å². The number of rotatable bonds is 6. The van der Waals surface area contributed by atoms with E-state index < -0.39 is 0 Å². The smallest absolute Gasteiger partial charge is 0.106 e. The van der Waals surface area contributed by atoms with Crippen molar-refractivity contribution in [2.24, 2.45) is 58.3 Å². The lowest BCUT2D eigenvalue weighted by molar-refractivity contribution is -0.0987. The van der Waals surface area contributed by atoms with Gasteiger partial charge < -0.3 is 117 Å². The first-order chi connectivity index (χ1) is 36.5. The molecule has 0 fully saturated rings. The molecule has 0 aliphatic heterocycles. The van der Waals surface area contributed by atoms with Gasteiger partial charge >= 0.3 is 0 Å². The van der Waals surface area contributed by atoms with Crippen molar-refractivity contribution in [3.8, 4) is 0 Å². The maximum Gasteiger partial charge on any atom is 0.106 e. The first-order valence-electron chi connectivity index (χ1n) is 25.7. The SMILES string of the molecule is C=O.C=O.C=O.C=O.C=O.C=O.C=O.C=O.C=O.C=O.CC.CC.CC(C)C.CC(C)O.CCC(C)C.CCC(C)C.CCC(C)C.CCC(C)C.CCOC(C)(C)C.CCc1ccccc1.CN.CN.CN.CN.CN.N.N.N.N.N. The molecule has 0 radical (unpaired) electrons. The maximum atomic E-state index is 8.06. The molecule has 0 aromatic heterocycles. The summed E-state index contributed by atoms with van der Waals surface area (Å²) in [5, 5.41) is 8.06. The molecule has 0 unspecified atom stereocenters. The number of carbonyl (C=O) groups is 10. The van der Waals surface area contributed by atoms with Crippen molar-refractivity contribution in [2.75, 3.05) is 41.8 Å². The van der Waals surface area contributed by atoms with Gasteiger partial charge in [-0.25, -0.2) is 0 Å². The summed E-state index contributed by atoms with van der Waals surface area (Å²) >= 11 is 0. The minimum atomic E-state index is -0.167. The lowest BCUT2D eigenvalue weighted by Gasteiger charge is -2.17. The van der Waals surface area contributed by atoms with Crippen LogP contribution in [0, 0.1) is 29.6 Å². The number of benzene rings is 1. The Labute approximate surface area is 514 Å². The summed E-state index contributed by atoms with van der Waals surface area (Å²) in [7, 11) is 7.50. The van der Waals surface area contributed by atoms with E-state index in [0.29, 0.717) is 0 Å². The lowest BCUT2D eigenvalue weighted by atomic mass is 10.2. The minimum absolute atomic E-state index is 0. The Morgan fingerprint density at radius 1 is 0.366 bits per heavy atom. The van der Waals surface area contributed by atoms with Crippen molar-refractivity contribution >= 4 is 67.9 Å². The summed E-state index contributed by atoms with van der Waals surface area (Å²) < 4.78 is 5.23. The fourth-order valence-electron chi connectivity index (χ4n) is 1.15. The van der Waals surface area contributed by atoms with Crippen LogP contribution in [0.15, 0.2) is 30.3 Å². The van der Waals surface area contributed by atoms with Gasteiger partial charge in [0.05, 0.1) is 5.60 Å². The average molecular weight is 1220 g/mol. The number of aliphatic hydroxyl groups is 1. The molecule has 1 aromatic rings. The third kappa shape index (κ3) is 1370. The maximum absolute atomic E-state index is 8.06. The monoisotopic (exact) mass is 1220 g/mol. The van der Waals surface area contributed by atoms with E-state index in [9.17, 15) is 0 Å². The number of aryl methyl sites for hydroxylation is 1. The van der Waals surface area contributed by atoms with Crippen LogP contribution in [0.4, 0.5) is 0 Å². The van der Waals surface area contributed by atoms with E-state index in [-0.39, 0.29) is 42.5 Å². The van der Waals surface area contributed by atoms with E-state index >= 15 is 0 Å². The van der Waals surface area contributed by atoms with Crippen molar-refractivity contribution in [2.45, 2.75) is 224 Å². The van der Waals surface area contributed by atoms with Crippen molar-refractivity contribution in [3.05, 3.63) is 35.9 Å². The Hall–Kier alpha value is -4.56. The fraction of sp³-hybridized carbons (Fsp3) is 0.733. The number of carbonyl (C=O) groups excluding carboxylic acids is 10. The van der Waals surface area contributed by atoms with Gasteiger partial charge in [-0.1, -0.05) is 194 Å². The molecule has 0 saturated heterocycles. The van der Waals surface area contributed by atoms with Gasteiger partial charge in [0, 0.05) is 12.7 Å². The summed E-state index contributed by atoms with van der Waals surface area (Å²) in [5.41, 5.74) is 24.0. The second kappa shape index (κ2) is 367. The molecule has 0 aliphatic rings. The minimum Gasteiger partial charge on any atom is -0.394 e. The predicted molar refractivity (Wildman–Crippen MR) is 375 cm³/mol. The van der Waals surface area contributed by atoms with Gasteiger partial charge in [-0.05, 0) is 118 Å². The number of hydrogen-bond donors (Lipinski definition) is 11. The third-order valence-corrected chi connectivity index (χ3v) is 5.09. The molecule has 0 atom stereocenters. The van der Waals surface area contributed by atoms with Crippen LogP contribution >= 0.6 is 0 Å². The molecule has 0 saturated carbocycles. The summed E-state index contributed by atoms with van der Waals surface area (Å²) in [6.45, 7) is 75.7. The normalized spacial score (nSPS) is 6.13. The molecule has 0 heterocycles. The number of nitrogens with two attached hydrogens (primary N) is 5. The van der Waals surface area contributed by atoms with Crippen molar-refractivity contribution in [1.29, 1.82) is 0 Å². The van der Waals surface area contributed by atoms with E-state index in [1.165, 1.54) is 66.5 Å². The van der Waals surface area contributed by atoms with Gasteiger partial charge in [-0.15, -0.1) is 0 Å². The molecule has 0 bridgehead atoms. The van der Waals surface area contributed by atoms with Gasteiger partial charge in [0.15, 0.2) is 0 Å². The molecular formula is C60H162N10O12. The molecule has 26 N–H and O–H groups in total. The van der Waals surface area contributed by atoms with Gasteiger partial charge in [-0.2, -0.15) is 0 Å². The average Bonchev–Trinajstić information content (AvgIpc) is 3.50. The molecule has 0 aliphatic carbocycles. The zero-order valence-electron chi connectivity index (χ0n) is 61.0. The topological polar surface area (TPSA) is 505 Å². The van der Waals surface area contributed by atoms with E-state index in [0.717, 1.165) is 42.6 Å². The molecule has 1 rings (SSSR count). The second-order valence-corrected chi connectivity index (χ2v) is 14.4. The molecule has 82 heavy (non-hydrogen) atoms. The number of hydrogen-bond acceptors (Lipinski definition) is 22. The highest BCUT2D eigenvalue weighted by Crippen LogP contribution is 2.04. The third-order valence-electron chi connectivity index (χ3n) is 5.09. The molecule has 0 spiro atoms. The second-order valence-electron chi connectivity index (χ2n) is 14.4. The van der Waals surface area contributed by atoms with E-state index in [2.05, 4.69) is 184 Å². The van der Waals surface area contributed by atoms with Gasteiger partial charge in [0.1, 0.15) is 67.9 Å². The van der Waals surface area contributed by atoms with E-state index in [4.69, 9.17) is 57.8 Å². The molecule has 22 heteroatoms. The highest BCUT2D eigenvalue weighted by atomic mass is 16.5. The van der Waals surface area contributed by atoms with Gasteiger partial charge in [0.2, 0.25) is 0 Å². The highest BCUT2D eigenvalue weighted by molar-refractivity contribution is 5.14. The standard InChI is InChI=1S/C8H10.C6H14O.4C5H12.C4H10.C3H8O.2C2H6.5CH5N.10CH2O.5H3N/c1-2-8-6-4-3-5-7-8;1-5-7-6(2,3)4;4*1-4-5(2)3;1-4(2)3;1-3(2)4;17*1-2;;;;;/h3-7H,2H2,1H3;5H2,1-4H3;4*5H,4H2,1-3H3;4H,1-3H3;3-4H,1-2H3;2*1-2H3;5*2H2,1H3;10*1H2;5*1H3. The Kier molecular flexibility index (Phi) is 863. The summed E-state index contributed by atoms with van der Waals surface area (Å²) in [4.78, 5) is 80.0. The van der Waals surface area contributed by atoms with Crippen molar-refractivity contribution < 1.29 is 57.8 Å². The Balaban J connectivity index is -0.0000000135.